The van der Waals surface area contributed by atoms with E-state index in [1.165, 1.54) is 5.56 Å². The third-order valence-electron chi connectivity index (χ3n) is 4.06. The Morgan fingerprint density at radius 2 is 1.90 bits per heavy atom. The smallest absolute Gasteiger partial charge is 0.0645 e. The highest BCUT2D eigenvalue weighted by Crippen LogP contribution is 2.36. The molecule has 2 aromatic rings. The van der Waals surface area contributed by atoms with Gasteiger partial charge in [-0.15, -0.1) is 0 Å². The molecule has 0 saturated heterocycles. The van der Waals surface area contributed by atoms with Crippen molar-refractivity contribution in [1.29, 1.82) is 0 Å². The van der Waals surface area contributed by atoms with Crippen LogP contribution in [0.2, 0.25) is 0 Å². The summed E-state index contributed by atoms with van der Waals surface area (Å²) in [6.45, 7) is 9.97. The van der Waals surface area contributed by atoms with E-state index < -0.39 is 0 Å². The molecule has 1 aromatic carbocycles. The van der Waals surface area contributed by atoms with Gasteiger partial charge < -0.3 is 5.32 Å². The maximum absolute atomic E-state index is 4.51. The van der Waals surface area contributed by atoms with Crippen LogP contribution in [-0.2, 0) is 0 Å². The third kappa shape index (κ3) is 3.10. The van der Waals surface area contributed by atoms with Gasteiger partial charge in [0.05, 0.1) is 11.9 Å². The lowest BCUT2D eigenvalue weighted by molar-refractivity contribution is 0.237. The molecular formula is C17H25N3. The monoisotopic (exact) mass is 271 g/mol. The minimum absolute atomic E-state index is 0.209. The van der Waals surface area contributed by atoms with Crippen molar-refractivity contribution in [2.45, 2.75) is 40.2 Å². The second-order valence-electron chi connectivity index (χ2n) is 5.89. The summed E-state index contributed by atoms with van der Waals surface area (Å²) < 4.78 is 1.95. The zero-order valence-electron chi connectivity index (χ0n) is 12.9. The second-order valence-corrected chi connectivity index (χ2v) is 5.89. The summed E-state index contributed by atoms with van der Waals surface area (Å²) in [4.78, 5) is 0. The molecule has 108 valence electrons. The molecule has 0 radical (unpaired) electrons. The molecule has 0 amide bonds. The topological polar surface area (TPSA) is 29.9 Å². The Bertz CT molecular complexity index is 528. The summed E-state index contributed by atoms with van der Waals surface area (Å²) in [7, 11) is 0. The average molecular weight is 271 g/mol. The van der Waals surface area contributed by atoms with Crippen LogP contribution in [0.3, 0.4) is 0 Å². The molecule has 0 spiro atoms. The highest BCUT2D eigenvalue weighted by molar-refractivity contribution is 5.31. The van der Waals surface area contributed by atoms with Gasteiger partial charge in [0.15, 0.2) is 0 Å². The van der Waals surface area contributed by atoms with Gasteiger partial charge in [0, 0.05) is 17.8 Å². The molecule has 0 aliphatic rings. The first kappa shape index (κ1) is 14.8. The fourth-order valence-electron chi connectivity index (χ4n) is 2.46. The normalized spacial score (nSPS) is 13.4. The number of para-hydroxylation sites is 1. The van der Waals surface area contributed by atoms with Crippen LogP contribution in [0.1, 0.15) is 45.7 Å². The second kappa shape index (κ2) is 6.23. The summed E-state index contributed by atoms with van der Waals surface area (Å²) in [6, 6.07) is 10.6. The number of hydrogen-bond donors (Lipinski definition) is 1. The van der Waals surface area contributed by atoms with Gasteiger partial charge >= 0.3 is 0 Å². The molecule has 0 aliphatic carbocycles. The number of aromatic nitrogens is 2. The van der Waals surface area contributed by atoms with Gasteiger partial charge in [0.25, 0.3) is 0 Å². The number of benzene rings is 1. The molecule has 0 bridgehead atoms. The predicted octanol–water partition coefficient (Wildman–Crippen LogP) is 3.96. The van der Waals surface area contributed by atoms with Gasteiger partial charge in [0.1, 0.15) is 0 Å². The Morgan fingerprint density at radius 1 is 1.20 bits per heavy atom. The van der Waals surface area contributed by atoms with Crippen LogP contribution in [0.25, 0.3) is 5.69 Å². The first-order chi connectivity index (χ1) is 9.58. The Kier molecular flexibility index (Phi) is 4.61. The van der Waals surface area contributed by atoms with Crippen molar-refractivity contribution in [2.24, 2.45) is 5.41 Å². The van der Waals surface area contributed by atoms with E-state index in [9.17, 15) is 0 Å². The summed E-state index contributed by atoms with van der Waals surface area (Å²) in [6.07, 6.45) is 5.25. The van der Waals surface area contributed by atoms with Gasteiger partial charge in [-0.05, 0) is 30.5 Å². The lowest BCUT2D eigenvalue weighted by atomic mass is 9.79. The fourth-order valence-corrected chi connectivity index (χ4v) is 2.46. The molecule has 0 saturated carbocycles. The van der Waals surface area contributed by atoms with E-state index >= 15 is 0 Å². The Hall–Kier alpha value is -1.61. The molecule has 0 fully saturated rings. The lowest BCUT2D eigenvalue weighted by Crippen LogP contribution is -2.33. The maximum atomic E-state index is 4.51. The summed E-state index contributed by atoms with van der Waals surface area (Å²) in [5.74, 6) is 0. The first-order valence-electron chi connectivity index (χ1n) is 7.42. The van der Waals surface area contributed by atoms with Gasteiger partial charge in [-0.2, -0.15) is 5.10 Å². The van der Waals surface area contributed by atoms with Crippen molar-refractivity contribution in [2.75, 3.05) is 6.54 Å². The molecule has 1 aromatic heterocycles. The van der Waals surface area contributed by atoms with Crippen molar-refractivity contribution in [1.82, 2.24) is 15.1 Å². The molecule has 2 rings (SSSR count). The van der Waals surface area contributed by atoms with Crippen LogP contribution in [0, 0.1) is 5.41 Å². The van der Waals surface area contributed by atoms with Gasteiger partial charge in [-0.1, -0.05) is 45.9 Å². The quantitative estimate of drug-likeness (QED) is 0.862. The van der Waals surface area contributed by atoms with Gasteiger partial charge in [-0.25, -0.2) is 4.68 Å². The van der Waals surface area contributed by atoms with Crippen LogP contribution in [0.5, 0.6) is 0 Å². The maximum Gasteiger partial charge on any atom is 0.0645 e. The van der Waals surface area contributed by atoms with E-state index in [-0.39, 0.29) is 5.41 Å². The highest BCUT2D eigenvalue weighted by Gasteiger charge is 2.29. The third-order valence-corrected chi connectivity index (χ3v) is 4.06. The van der Waals surface area contributed by atoms with E-state index in [2.05, 4.69) is 56.4 Å². The molecule has 1 unspecified atom stereocenters. The fraction of sp³-hybridized carbons (Fsp3) is 0.471. The van der Waals surface area contributed by atoms with E-state index in [1.54, 1.807) is 0 Å². The molecule has 0 aliphatic heterocycles. The van der Waals surface area contributed by atoms with Crippen LogP contribution < -0.4 is 5.32 Å². The zero-order chi connectivity index (χ0) is 14.6. The molecule has 1 N–H and O–H groups in total. The summed E-state index contributed by atoms with van der Waals surface area (Å²) >= 11 is 0. The standard InChI is InChI=1S/C17H25N3/c1-5-17(3,4)16(18-6-2)14-12-19-20(13-14)15-10-8-7-9-11-15/h7-13,16,18H,5-6H2,1-4H3. The SMILES string of the molecule is CCNC(c1cnn(-c2ccccc2)c1)C(C)(C)CC. The molecular weight excluding hydrogens is 246 g/mol. The number of hydrogen-bond acceptors (Lipinski definition) is 2. The van der Waals surface area contributed by atoms with Crippen LogP contribution in [-0.4, -0.2) is 16.3 Å². The van der Waals surface area contributed by atoms with Gasteiger partial charge in [-0.3, -0.25) is 0 Å². The minimum Gasteiger partial charge on any atom is -0.310 e. The van der Waals surface area contributed by atoms with Crippen molar-refractivity contribution in [3.63, 3.8) is 0 Å². The van der Waals surface area contributed by atoms with Crippen molar-refractivity contribution >= 4 is 0 Å². The highest BCUT2D eigenvalue weighted by atomic mass is 15.3. The molecule has 20 heavy (non-hydrogen) atoms. The van der Waals surface area contributed by atoms with Crippen molar-refractivity contribution in [3.05, 3.63) is 48.3 Å². The number of nitrogens with one attached hydrogen (secondary N) is 1. The van der Waals surface area contributed by atoms with Crippen LogP contribution in [0.15, 0.2) is 42.7 Å². The minimum atomic E-state index is 0.209. The largest absolute Gasteiger partial charge is 0.310 e. The van der Waals surface area contributed by atoms with E-state index in [0.29, 0.717) is 6.04 Å². The Morgan fingerprint density at radius 3 is 2.50 bits per heavy atom. The molecule has 3 heteroatoms. The van der Waals surface area contributed by atoms with Crippen LogP contribution in [0.4, 0.5) is 0 Å². The van der Waals surface area contributed by atoms with Gasteiger partial charge in [0.2, 0.25) is 0 Å². The first-order valence-corrected chi connectivity index (χ1v) is 7.42. The van der Waals surface area contributed by atoms with Crippen molar-refractivity contribution in [3.8, 4) is 5.69 Å². The van der Waals surface area contributed by atoms with Crippen molar-refractivity contribution < 1.29 is 0 Å². The van der Waals surface area contributed by atoms with E-state index in [0.717, 1.165) is 18.7 Å². The molecule has 3 nitrogen and oxygen atoms in total. The summed E-state index contributed by atoms with van der Waals surface area (Å²) in [5, 5.41) is 8.12. The van der Waals surface area contributed by atoms with E-state index in [1.807, 2.05) is 29.1 Å². The average Bonchev–Trinajstić information content (AvgIpc) is 2.95. The van der Waals surface area contributed by atoms with Crippen LogP contribution >= 0.6 is 0 Å². The zero-order valence-corrected chi connectivity index (χ0v) is 12.9. The van der Waals surface area contributed by atoms with E-state index in [4.69, 9.17) is 0 Å². The number of rotatable bonds is 6. The number of nitrogens with zero attached hydrogens (tertiary/aromatic N) is 2. The lowest BCUT2D eigenvalue weighted by Gasteiger charge is -2.33. The predicted molar refractivity (Wildman–Crippen MR) is 84.1 cm³/mol. The Labute approximate surface area is 122 Å². The molecule has 1 atom stereocenters. The Balaban J connectivity index is 2.30. The molecule has 1 heterocycles. The summed E-state index contributed by atoms with van der Waals surface area (Å²) in [5.41, 5.74) is 2.56.